The highest BCUT2D eigenvalue weighted by Gasteiger charge is 2.30. The van der Waals surface area contributed by atoms with E-state index in [0.29, 0.717) is 16.0 Å². The fourth-order valence-corrected chi connectivity index (χ4v) is 2.37. The van der Waals surface area contributed by atoms with E-state index >= 15 is 0 Å². The van der Waals surface area contributed by atoms with Crippen molar-refractivity contribution in [2.45, 2.75) is 6.92 Å². The second-order valence-electron chi connectivity index (χ2n) is 4.15. The van der Waals surface area contributed by atoms with Crippen molar-refractivity contribution in [1.29, 1.82) is 0 Å². The first kappa shape index (κ1) is 15.4. The Hall–Kier alpha value is -2.02. The molecule has 21 heavy (non-hydrogen) atoms. The number of carbonyl (C=O) groups is 2. The van der Waals surface area contributed by atoms with Gasteiger partial charge in [0.05, 0.1) is 29.3 Å². The van der Waals surface area contributed by atoms with Crippen molar-refractivity contribution >= 4 is 27.7 Å². The summed E-state index contributed by atoms with van der Waals surface area (Å²) in [6, 6.07) is 3.09. The number of hydrogen-bond acceptors (Lipinski definition) is 6. The smallest absolute Gasteiger partial charge is 0.373 e. The maximum absolute atomic E-state index is 12.4. The number of methoxy groups -OCH3 is 1. The van der Waals surface area contributed by atoms with Crippen LogP contribution in [0.15, 0.2) is 27.9 Å². The first-order valence-electron chi connectivity index (χ1n) is 6.13. The molecule has 1 aliphatic rings. The molecule has 0 atom stereocenters. The van der Waals surface area contributed by atoms with Crippen molar-refractivity contribution in [3.8, 4) is 11.5 Å². The maximum atomic E-state index is 12.4. The summed E-state index contributed by atoms with van der Waals surface area (Å²) in [4.78, 5) is 23.9. The van der Waals surface area contributed by atoms with Gasteiger partial charge < -0.3 is 19.3 Å². The van der Waals surface area contributed by atoms with E-state index in [1.54, 1.807) is 13.0 Å². The van der Waals surface area contributed by atoms with Crippen LogP contribution >= 0.6 is 15.9 Å². The maximum Gasteiger partial charge on any atom is 0.373 e. The van der Waals surface area contributed by atoms with E-state index in [4.69, 9.17) is 9.47 Å². The van der Waals surface area contributed by atoms with E-state index in [1.165, 1.54) is 13.2 Å². The highest BCUT2D eigenvalue weighted by Crippen LogP contribution is 2.36. The van der Waals surface area contributed by atoms with Gasteiger partial charge in [0.25, 0.3) is 0 Å². The van der Waals surface area contributed by atoms with Crippen molar-refractivity contribution < 1.29 is 28.9 Å². The summed E-state index contributed by atoms with van der Waals surface area (Å²) in [6.45, 7) is 1.50. The largest absolute Gasteiger partial charge is 0.501 e. The molecule has 0 fully saturated rings. The van der Waals surface area contributed by atoms with Gasteiger partial charge in [-0.1, -0.05) is 0 Å². The molecule has 0 amide bonds. The Morgan fingerprint density at radius 3 is 2.81 bits per heavy atom. The van der Waals surface area contributed by atoms with Crippen molar-refractivity contribution in [2.24, 2.45) is 0 Å². The molecule has 7 heteroatoms. The fourth-order valence-electron chi connectivity index (χ4n) is 1.86. The Balaban J connectivity index is 2.43. The number of esters is 1. The summed E-state index contributed by atoms with van der Waals surface area (Å²) in [5.74, 6) is -1.30. The number of Topliss-reactive ketones (excluding diaryl/α,β-unsaturated/α-hetero) is 1. The number of hydrogen-bond donors (Lipinski definition) is 1. The van der Waals surface area contributed by atoms with Gasteiger partial charge in [0, 0.05) is 6.07 Å². The number of benzene rings is 1. The Bertz CT molecular complexity index is 635. The van der Waals surface area contributed by atoms with Crippen LogP contribution in [0.1, 0.15) is 17.3 Å². The zero-order valence-corrected chi connectivity index (χ0v) is 13.0. The lowest BCUT2D eigenvalue weighted by atomic mass is 9.99. The minimum absolute atomic E-state index is 0.102. The third-order valence-electron chi connectivity index (χ3n) is 2.90. The molecule has 0 spiro atoms. The predicted octanol–water partition coefficient (Wildman–Crippen LogP) is 2.41. The Kier molecular flexibility index (Phi) is 4.52. The van der Waals surface area contributed by atoms with Crippen LogP contribution < -0.4 is 9.47 Å². The number of aliphatic hydroxyl groups excluding tert-OH is 1. The predicted molar refractivity (Wildman–Crippen MR) is 76.8 cm³/mol. The second kappa shape index (κ2) is 6.17. The van der Waals surface area contributed by atoms with Crippen LogP contribution in [0.2, 0.25) is 0 Å². The second-order valence-corrected chi connectivity index (χ2v) is 5.00. The van der Waals surface area contributed by atoms with Crippen LogP contribution in [-0.4, -0.2) is 37.2 Å². The molecule has 0 bridgehead atoms. The van der Waals surface area contributed by atoms with Crippen LogP contribution in [0.3, 0.4) is 0 Å². The minimum Gasteiger partial charge on any atom is -0.501 e. The highest BCUT2D eigenvalue weighted by molar-refractivity contribution is 9.10. The number of halogens is 1. The van der Waals surface area contributed by atoms with E-state index in [1.807, 2.05) is 0 Å². The van der Waals surface area contributed by atoms with Crippen LogP contribution in [0.5, 0.6) is 11.5 Å². The highest BCUT2D eigenvalue weighted by atomic mass is 79.9. The molecule has 1 aromatic carbocycles. The lowest BCUT2D eigenvalue weighted by Gasteiger charge is -2.20. The van der Waals surface area contributed by atoms with Gasteiger partial charge in [-0.25, -0.2) is 4.79 Å². The molecular formula is C14H13BrO6. The van der Waals surface area contributed by atoms with Gasteiger partial charge in [-0.2, -0.15) is 0 Å². The molecular weight excluding hydrogens is 344 g/mol. The van der Waals surface area contributed by atoms with Crippen LogP contribution in [-0.2, 0) is 9.53 Å². The zero-order chi connectivity index (χ0) is 15.6. The Morgan fingerprint density at radius 1 is 1.48 bits per heavy atom. The van der Waals surface area contributed by atoms with Crippen molar-refractivity contribution in [2.75, 3.05) is 20.3 Å². The van der Waals surface area contributed by atoms with Gasteiger partial charge in [0.1, 0.15) is 18.1 Å². The molecule has 112 valence electrons. The molecule has 0 saturated carbocycles. The molecule has 0 saturated heterocycles. The topological polar surface area (TPSA) is 82.1 Å². The summed E-state index contributed by atoms with van der Waals surface area (Å²) in [5, 5.41) is 9.81. The number of rotatable bonds is 3. The average molecular weight is 357 g/mol. The number of fused-ring (bicyclic) bond motifs is 1. The molecule has 0 aromatic heterocycles. The summed E-state index contributed by atoms with van der Waals surface area (Å²) < 4.78 is 15.8. The van der Waals surface area contributed by atoms with Crippen LogP contribution in [0.25, 0.3) is 0 Å². The standard InChI is InChI=1S/C14H13BrO6/c1-3-20-14(18)13(17)8-6-21-10-5-11(19-2)9(15)4-7(10)12(8)16/h4-5,17H,3,6H2,1-2H3. The first-order valence-corrected chi connectivity index (χ1v) is 6.93. The normalized spacial score (nSPS) is 15.9. The van der Waals surface area contributed by atoms with Gasteiger partial charge in [0.2, 0.25) is 5.76 Å². The molecule has 1 aromatic rings. The van der Waals surface area contributed by atoms with Gasteiger partial charge in [-0.15, -0.1) is 0 Å². The summed E-state index contributed by atoms with van der Waals surface area (Å²) in [5.41, 5.74) is 0.109. The molecule has 1 heterocycles. The van der Waals surface area contributed by atoms with Crippen molar-refractivity contribution in [1.82, 2.24) is 0 Å². The Labute approximate surface area is 129 Å². The van der Waals surface area contributed by atoms with Crippen LogP contribution in [0, 0.1) is 0 Å². The molecule has 1 aliphatic heterocycles. The molecule has 0 unspecified atom stereocenters. The number of ketones is 1. The average Bonchev–Trinajstić information content (AvgIpc) is 2.47. The number of aliphatic hydroxyl groups is 1. The van der Waals surface area contributed by atoms with E-state index in [9.17, 15) is 14.7 Å². The van der Waals surface area contributed by atoms with E-state index in [2.05, 4.69) is 20.7 Å². The lowest BCUT2D eigenvalue weighted by molar-refractivity contribution is -0.141. The fraction of sp³-hybridized carbons (Fsp3) is 0.286. The Morgan fingerprint density at radius 2 is 2.19 bits per heavy atom. The summed E-state index contributed by atoms with van der Waals surface area (Å²) in [7, 11) is 1.50. The van der Waals surface area contributed by atoms with E-state index in [0.717, 1.165) is 0 Å². The molecule has 2 rings (SSSR count). The SMILES string of the molecule is CCOC(=O)C(O)=C1COc2cc(OC)c(Br)cc2C1=O. The minimum atomic E-state index is -0.944. The van der Waals surface area contributed by atoms with Gasteiger partial charge in [-0.3, -0.25) is 4.79 Å². The number of carbonyl (C=O) groups excluding carboxylic acids is 2. The quantitative estimate of drug-likeness (QED) is 0.508. The van der Waals surface area contributed by atoms with Crippen molar-refractivity contribution in [3.05, 3.63) is 33.5 Å². The van der Waals surface area contributed by atoms with E-state index in [-0.39, 0.29) is 24.4 Å². The lowest BCUT2D eigenvalue weighted by Crippen LogP contribution is -2.24. The third kappa shape index (κ3) is 2.87. The van der Waals surface area contributed by atoms with Gasteiger partial charge in [-0.05, 0) is 28.9 Å². The van der Waals surface area contributed by atoms with E-state index < -0.39 is 17.5 Å². The first-order chi connectivity index (χ1) is 9.99. The van der Waals surface area contributed by atoms with Gasteiger partial charge in [0.15, 0.2) is 5.78 Å². The monoisotopic (exact) mass is 356 g/mol. The summed E-state index contributed by atoms with van der Waals surface area (Å²) >= 11 is 3.27. The van der Waals surface area contributed by atoms with Crippen LogP contribution in [0.4, 0.5) is 0 Å². The molecule has 1 N–H and O–H groups in total. The molecule has 0 radical (unpaired) electrons. The number of ether oxygens (including phenoxy) is 3. The zero-order valence-electron chi connectivity index (χ0n) is 11.4. The molecule has 6 nitrogen and oxygen atoms in total. The molecule has 0 aliphatic carbocycles. The van der Waals surface area contributed by atoms with Crippen molar-refractivity contribution in [3.63, 3.8) is 0 Å². The third-order valence-corrected chi connectivity index (χ3v) is 3.52. The van der Waals surface area contributed by atoms with Gasteiger partial charge >= 0.3 is 5.97 Å². The summed E-state index contributed by atoms with van der Waals surface area (Å²) in [6.07, 6.45) is 0.